The van der Waals surface area contributed by atoms with Crippen LogP contribution in [0.3, 0.4) is 0 Å². The molecule has 0 atom stereocenters. The third-order valence-electron chi connectivity index (χ3n) is 1.19. The fourth-order valence-electron chi connectivity index (χ4n) is 0.664. The lowest BCUT2D eigenvalue weighted by molar-refractivity contribution is 0.280. The van der Waals surface area contributed by atoms with Crippen molar-refractivity contribution in [2.45, 2.75) is 33.1 Å². The van der Waals surface area contributed by atoms with Crippen LogP contribution in [-0.2, 0) is 0 Å². The first-order chi connectivity index (χ1) is 3.77. The zero-order valence-electron chi connectivity index (χ0n) is 6.85. The van der Waals surface area contributed by atoms with Crippen LogP contribution in [0.15, 0.2) is 0 Å². The van der Waals surface area contributed by atoms with Crippen molar-refractivity contribution < 1.29 is 5.11 Å². The number of aliphatic hydroxyl groups is 1. The van der Waals surface area contributed by atoms with E-state index in [-0.39, 0.29) is 7.43 Å². The van der Waals surface area contributed by atoms with Gasteiger partial charge in [0.15, 0.2) is 0 Å². The molecule has 0 heterocycles. The van der Waals surface area contributed by atoms with E-state index < -0.39 is 0 Å². The molecule has 0 spiro atoms. The predicted octanol–water partition coefficient (Wildman–Crippen LogP) is 2.26. The molecule has 0 rings (SSSR count). The largest absolute Gasteiger partial charge is 0.396 e. The Labute approximate surface area is 59.1 Å². The molecular weight excluding hydrogens is 112 g/mol. The van der Waals surface area contributed by atoms with E-state index in [0.717, 1.165) is 12.3 Å². The zero-order valence-corrected chi connectivity index (χ0v) is 6.85. The maximum atomic E-state index is 8.38. The first-order valence-electron chi connectivity index (χ1n) is 3.38. The van der Waals surface area contributed by atoms with Gasteiger partial charge in [0.05, 0.1) is 0 Å². The number of hydrogen-bond donors (Lipinski definition) is 1. The molecule has 0 aromatic heterocycles. The highest BCUT2D eigenvalue weighted by Gasteiger charge is 1.91. The molecule has 0 aromatic rings. The molecule has 0 bridgehead atoms. The normalized spacial score (nSPS) is 9.33. The second-order valence-electron chi connectivity index (χ2n) is 2.61. The van der Waals surface area contributed by atoms with E-state index in [4.69, 9.17) is 5.11 Å². The molecule has 0 radical (unpaired) electrons. The van der Waals surface area contributed by atoms with Crippen molar-refractivity contribution in [3.8, 4) is 0 Å². The standard InChI is InChI=1S/C7H16O.CH3/c1-7(2)5-3-4-6-8;/h7-8H,3-6H2,1-2H3;1H3/q;-1. The quantitative estimate of drug-likeness (QED) is 0.458. The fourth-order valence-corrected chi connectivity index (χ4v) is 0.664. The van der Waals surface area contributed by atoms with Crippen molar-refractivity contribution >= 4 is 0 Å². The summed E-state index contributed by atoms with van der Waals surface area (Å²) in [6.07, 6.45) is 3.40. The van der Waals surface area contributed by atoms with Gasteiger partial charge in [-0.1, -0.05) is 26.7 Å². The second kappa shape index (κ2) is 7.96. The summed E-state index contributed by atoms with van der Waals surface area (Å²) in [5.41, 5.74) is 0. The molecule has 0 aliphatic carbocycles. The lowest BCUT2D eigenvalue weighted by Crippen LogP contribution is -1.88. The fraction of sp³-hybridized carbons (Fsp3) is 0.875. The van der Waals surface area contributed by atoms with Crippen LogP contribution >= 0.6 is 0 Å². The topological polar surface area (TPSA) is 20.2 Å². The van der Waals surface area contributed by atoms with Gasteiger partial charge in [0, 0.05) is 6.61 Å². The summed E-state index contributed by atoms with van der Waals surface area (Å²) in [4.78, 5) is 0. The minimum Gasteiger partial charge on any atom is -0.396 e. The number of hydrogen-bond acceptors (Lipinski definition) is 1. The van der Waals surface area contributed by atoms with E-state index in [9.17, 15) is 0 Å². The summed E-state index contributed by atoms with van der Waals surface area (Å²) in [5.74, 6) is 0.793. The molecule has 0 unspecified atom stereocenters. The van der Waals surface area contributed by atoms with Crippen molar-refractivity contribution in [2.75, 3.05) is 6.61 Å². The highest BCUT2D eigenvalue weighted by molar-refractivity contribution is 4.44. The Morgan fingerprint density at radius 1 is 1.22 bits per heavy atom. The molecule has 0 aliphatic rings. The van der Waals surface area contributed by atoms with E-state index in [1.165, 1.54) is 12.8 Å². The first kappa shape index (κ1) is 11.7. The molecular formula is C8H19O-. The van der Waals surface area contributed by atoms with E-state index in [1.54, 1.807) is 0 Å². The summed E-state index contributed by atoms with van der Waals surface area (Å²) in [7, 11) is 0. The molecule has 1 N–H and O–H groups in total. The third kappa shape index (κ3) is 11.5. The van der Waals surface area contributed by atoms with Gasteiger partial charge in [-0.3, -0.25) is 0 Å². The Hall–Kier alpha value is -0.0400. The number of unbranched alkanes of at least 4 members (excludes halogenated alkanes) is 1. The van der Waals surface area contributed by atoms with Crippen molar-refractivity contribution in [1.29, 1.82) is 0 Å². The minimum absolute atomic E-state index is 0. The van der Waals surface area contributed by atoms with E-state index in [1.807, 2.05) is 0 Å². The van der Waals surface area contributed by atoms with Gasteiger partial charge in [0.1, 0.15) is 0 Å². The maximum absolute atomic E-state index is 8.38. The average Bonchev–Trinajstić information content (AvgIpc) is 1.66. The van der Waals surface area contributed by atoms with Crippen LogP contribution in [0.1, 0.15) is 33.1 Å². The molecule has 1 nitrogen and oxygen atoms in total. The van der Waals surface area contributed by atoms with Gasteiger partial charge in [0.25, 0.3) is 0 Å². The molecule has 0 saturated carbocycles. The minimum atomic E-state index is 0. The van der Waals surface area contributed by atoms with Crippen molar-refractivity contribution in [1.82, 2.24) is 0 Å². The van der Waals surface area contributed by atoms with Gasteiger partial charge < -0.3 is 12.5 Å². The third-order valence-corrected chi connectivity index (χ3v) is 1.19. The maximum Gasteiger partial charge on any atom is 0.0431 e. The predicted molar refractivity (Wildman–Crippen MR) is 42.2 cm³/mol. The van der Waals surface area contributed by atoms with Gasteiger partial charge in [-0.2, -0.15) is 0 Å². The molecule has 1 heteroatoms. The van der Waals surface area contributed by atoms with Gasteiger partial charge in [-0.25, -0.2) is 0 Å². The lowest BCUT2D eigenvalue weighted by Gasteiger charge is -2.00. The van der Waals surface area contributed by atoms with Crippen LogP contribution in [-0.4, -0.2) is 11.7 Å². The highest BCUT2D eigenvalue weighted by atomic mass is 16.2. The van der Waals surface area contributed by atoms with E-state index in [0.29, 0.717) is 6.61 Å². The van der Waals surface area contributed by atoms with Gasteiger partial charge in [-0.15, -0.1) is 0 Å². The monoisotopic (exact) mass is 131 g/mol. The molecule has 9 heavy (non-hydrogen) atoms. The van der Waals surface area contributed by atoms with Gasteiger partial charge in [-0.05, 0) is 12.3 Å². The molecule has 0 amide bonds. The number of rotatable bonds is 4. The second-order valence-corrected chi connectivity index (χ2v) is 2.61. The molecule has 0 saturated heterocycles. The summed E-state index contributed by atoms with van der Waals surface area (Å²) in [6.45, 7) is 4.77. The molecule has 0 aromatic carbocycles. The zero-order chi connectivity index (χ0) is 6.41. The smallest absolute Gasteiger partial charge is 0.0431 e. The summed E-state index contributed by atoms with van der Waals surface area (Å²) >= 11 is 0. The average molecular weight is 131 g/mol. The molecule has 0 fully saturated rings. The first-order valence-corrected chi connectivity index (χ1v) is 3.38. The van der Waals surface area contributed by atoms with Crippen LogP contribution in [0.5, 0.6) is 0 Å². The Bertz CT molecular complexity index is 41.8. The Morgan fingerprint density at radius 3 is 2.11 bits per heavy atom. The van der Waals surface area contributed by atoms with Crippen molar-refractivity contribution in [3.05, 3.63) is 7.43 Å². The van der Waals surface area contributed by atoms with Crippen molar-refractivity contribution in [2.24, 2.45) is 5.92 Å². The number of aliphatic hydroxyl groups excluding tert-OH is 1. The summed E-state index contributed by atoms with van der Waals surface area (Å²) in [6, 6.07) is 0. The van der Waals surface area contributed by atoms with Crippen LogP contribution in [0.4, 0.5) is 0 Å². The van der Waals surface area contributed by atoms with Gasteiger partial charge >= 0.3 is 0 Å². The lowest BCUT2D eigenvalue weighted by atomic mass is 10.1. The Balaban J connectivity index is 0. The van der Waals surface area contributed by atoms with Crippen LogP contribution in [0.2, 0.25) is 0 Å². The van der Waals surface area contributed by atoms with Crippen LogP contribution in [0.25, 0.3) is 0 Å². The highest BCUT2D eigenvalue weighted by Crippen LogP contribution is 2.04. The van der Waals surface area contributed by atoms with Crippen molar-refractivity contribution in [3.63, 3.8) is 0 Å². The Morgan fingerprint density at radius 2 is 1.78 bits per heavy atom. The summed E-state index contributed by atoms with van der Waals surface area (Å²) in [5, 5.41) is 8.38. The van der Waals surface area contributed by atoms with Gasteiger partial charge in [0.2, 0.25) is 0 Å². The van der Waals surface area contributed by atoms with E-state index in [2.05, 4.69) is 13.8 Å². The van der Waals surface area contributed by atoms with Crippen LogP contribution in [0, 0.1) is 13.3 Å². The Kier molecular flexibility index (Phi) is 10.4. The molecule has 58 valence electrons. The van der Waals surface area contributed by atoms with E-state index >= 15 is 0 Å². The summed E-state index contributed by atoms with van der Waals surface area (Å²) < 4.78 is 0. The van der Waals surface area contributed by atoms with Crippen LogP contribution < -0.4 is 0 Å². The SMILES string of the molecule is CC(C)CCCCO.[CH3-]. The molecule has 0 aliphatic heterocycles.